The lowest BCUT2D eigenvalue weighted by Crippen LogP contribution is -2.25. The summed E-state index contributed by atoms with van der Waals surface area (Å²) in [5, 5.41) is 19.3. The third-order valence-electron chi connectivity index (χ3n) is 4.64. The summed E-state index contributed by atoms with van der Waals surface area (Å²) in [5.41, 5.74) is 1.55. The maximum Gasteiger partial charge on any atom is 0.514 e. The highest BCUT2D eigenvalue weighted by atomic mass is 16.7. The predicted octanol–water partition coefficient (Wildman–Crippen LogP) is 6.10. The molecule has 5 nitrogen and oxygen atoms in total. The minimum absolute atomic E-state index is 0.0905. The molecule has 0 aliphatic carbocycles. The summed E-state index contributed by atoms with van der Waals surface area (Å²) in [5.74, 6) is 0.788. The summed E-state index contributed by atoms with van der Waals surface area (Å²) in [7, 11) is 0. The van der Waals surface area contributed by atoms with Gasteiger partial charge in [0.15, 0.2) is 11.5 Å². The van der Waals surface area contributed by atoms with E-state index in [0.29, 0.717) is 5.75 Å². The molecule has 2 unspecified atom stereocenters. The number of carbonyl (C=O) groups excluding carboxylic acids is 1. The molecule has 0 fully saturated rings. The third-order valence-corrected chi connectivity index (χ3v) is 4.64. The van der Waals surface area contributed by atoms with Crippen molar-refractivity contribution in [2.24, 2.45) is 0 Å². The Morgan fingerprint density at radius 3 is 2.14 bits per heavy atom. The lowest BCUT2D eigenvalue weighted by molar-refractivity contribution is 0.0206. The molecule has 0 heterocycles. The summed E-state index contributed by atoms with van der Waals surface area (Å²) in [6.07, 6.45) is 1.10. The lowest BCUT2D eigenvalue weighted by atomic mass is 9.84. The number of benzene rings is 2. The highest BCUT2D eigenvalue weighted by molar-refractivity contribution is 5.64. The molecule has 2 aromatic carbocycles. The Morgan fingerprint density at radius 2 is 1.61 bits per heavy atom. The monoisotopic (exact) mass is 386 g/mol. The Morgan fingerprint density at radius 1 is 1.00 bits per heavy atom. The normalized spacial score (nSPS) is 13.6. The van der Waals surface area contributed by atoms with E-state index < -0.39 is 11.8 Å². The zero-order valence-corrected chi connectivity index (χ0v) is 17.2. The van der Waals surface area contributed by atoms with Crippen LogP contribution in [0.5, 0.6) is 17.2 Å². The highest BCUT2D eigenvalue weighted by Crippen LogP contribution is 2.36. The van der Waals surface area contributed by atoms with Gasteiger partial charge in [0, 0.05) is 0 Å². The Labute approximate surface area is 166 Å². The molecule has 0 aliphatic rings. The van der Waals surface area contributed by atoms with Gasteiger partial charge in [0.05, 0.1) is 0 Å². The molecule has 0 saturated carbocycles. The molecule has 2 aromatic rings. The molecule has 0 radical (unpaired) electrons. The summed E-state index contributed by atoms with van der Waals surface area (Å²) >= 11 is 0. The van der Waals surface area contributed by atoms with Crippen molar-refractivity contribution < 1.29 is 24.5 Å². The molecule has 2 N–H and O–H groups in total. The van der Waals surface area contributed by atoms with Crippen molar-refractivity contribution in [2.45, 2.75) is 64.9 Å². The number of rotatable bonds is 6. The van der Waals surface area contributed by atoms with E-state index in [4.69, 9.17) is 9.47 Å². The van der Waals surface area contributed by atoms with Crippen molar-refractivity contribution in [2.75, 3.05) is 0 Å². The van der Waals surface area contributed by atoms with Gasteiger partial charge in [-0.1, -0.05) is 32.0 Å². The maximum absolute atomic E-state index is 11.8. The van der Waals surface area contributed by atoms with Crippen LogP contribution in [0.25, 0.3) is 0 Å². The van der Waals surface area contributed by atoms with Crippen LogP contribution in [0.1, 0.15) is 70.4 Å². The van der Waals surface area contributed by atoms with Crippen LogP contribution in [0.2, 0.25) is 0 Å². The van der Waals surface area contributed by atoms with Crippen LogP contribution in [-0.4, -0.2) is 22.0 Å². The molecule has 152 valence electrons. The van der Waals surface area contributed by atoms with Gasteiger partial charge in [0.25, 0.3) is 0 Å². The van der Waals surface area contributed by atoms with Gasteiger partial charge < -0.3 is 19.7 Å². The first-order chi connectivity index (χ1) is 13.1. The molecule has 5 heteroatoms. The molecular formula is C23H30O5. The SMILES string of the molecule is CCC(CC(C)c1ccc(OC(=O)OC(C)(C)C)cc1)c1ccc(O)c(O)c1. The van der Waals surface area contributed by atoms with E-state index in [1.54, 1.807) is 39.0 Å². The lowest BCUT2D eigenvalue weighted by Gasteiger charge is -2.21. The van der Waals surface area contributed by atoms with Gasteiger partial charge in [-0.25, -0.2) is 4.79 Å². The van der Waals surface area contributed by atoms with E-state index in [1.807, 2.05) is 18.2 Å². The Kier molecular flexibility index (Phi) is 6.95. The molecule has 0 aromatic heterocycles. The molecule has 0 bridgehead atoms. The van der Waals surface area contributed by atoms with Gasteiger partial charge in [-0.05, 0) is 80.8 Å². The van der Waals surface area contributed by atoms with Crippen LogP contribution in [-0.2, 0) is 4.74 Å². The van der Waals surface area contributed by atoms with Gasteiger partial charge >= 0.3 is 6.16 Å². The van der Waals surface area contributed by atoms with Gasteiger partial charge in [-0.2, -0.15) is 0 Å². The van der Waals surface area contributed by atoms with E-state index in [0.717, 1.165) is 24.0 Å². The van der Waals surface area contributed by atoms with Crippen LogP contribution < -0.4 is 4.74 Å². The number of carbonyl (C=O) groups is 1. The minimum Gasteiger partial charge on any atom is -0.504 e. The maximum atomic E-state index is 11.8. The fraction of sp³-hybridized carbons (Fsp3) is 0.435. The van der Waals surface area contributed by atoms with Crippen molar-refractivity contribution >= 4 is 6.16 Å². The molecular weight excluding hydrogens is 356 g/mol. The third kappa shape index (κ3) is 6.19. The average Bonchev–Trinajstić information content (AvgIpc) is 2.61. The number of phenols is 2. The molecule has 0 amide bonds. The quantitative estimate of drug-likeness (QED) is 0.356. The van der Waals surface area contributed by atoms with E-state index in [9.17, 15) is 15.0 Å². The van der Waals surface area contributed by atoms with Crippen molar-refractivity contribution in [1.82, 2.24) is 0 Å². The average molecular weight is 386 g/mol. The predicted molar refractivity (Wildman–Crippen MR) is 109 cm³/mol. The van der Waals surface area contributed by atoms with Crippen molar-refractivity contribution in [3.05, 3.63) is 53.6 Å². The van der Waals surface area contributed by atoms with Crippen LogP contribution >= 0.6 is 0 Å². The first-order valence-corrected chi connectivity index (χ1v) is 9.61. The Bertz CT molecular complexity index is 790. The van der Waals surface area contributed by atoms with Crippen molar-refractivity contribution in [3.8, 4) is 17.2 Å². The summed E-state index contributed by atoms with van der Waals surface area (Å²) in [4.78, 5) is 11.8. The van der Waals surface area contributed by atoms with Gasteiger partial charge in [0.1, 0.15) is 11.4 Å². The fourth-order valence-electron chi connectivity index (χ4n) is 3.13. The Balaban J connectivity index is 2.02. The van der Waals surface area contributed by atoms with Crippen LogP contribution in [0.4, 0.5) is 4.79 Å². The van der Waals surface area contributed by atoms with E-state index in [2.05, 4.69) is 13.8 Å². The van der Waals surface area contributed by atoms with E-state index in [-0.39, 0.29) is 23.3 Å². The summed E-state index contributed by atoms with van der Waals surface area (Å²) in [6.45, 7) is 9.62. The van der Waals surface area contributed by atoms with Crippen LogP contribution in [0, 0.1) is 0 Å². The second-order valence-electron chi connectivity index (χ2n) is 8.13. The van der Waals surface area contributed by atoms with Gasteiger partial charge in [-0.15, -0.1) is 0 Å². The van der Waals surface area contributed by atoms with Crippen molar-refractivity contribution in [1.29, 1.82) is 0 Å². The largest absolute Gasteiger partial charge is 0.514 e. The molecule has 0 spiro atoms. The number of ether oxygens (including phenoxy) is 2. The van der Waals surface area contributed by atoms with Crippen LogP contribution in [0.15, 0.2) is 42.5 Å². The number of phenolic OH excluding ortho intramolecular Hbond substituents is 2. The molecule has 2 rings (SSSR count). The topological polar surface area (TPSA) is 76.0 Å². The molecule has 2 atom stereocenters. The number of hydrogen-bond donors (Lipinski definition) is 2. The zero-order chi connectivity index (χ0) is 20.9. The van der Waals surface area contributed by atoms with Crippen molar-refractivity contribution in [3.63, 3.8) is 0 Å². The minimum atomic E-state index is -0.716. The highest BCUT2D eigenvalue weighted by Gasteiger charge is 2.19. The standard InChI is InChI=1S/C23H30O5/c1-6-16(18-9-12-20(24)21(25)14-18)13-15(2)17-7-10-19(11-8-17)27-22(26)28-23(3,4)5/h7-12,14-16,24-25H,6,13H2,1-5H3. The van der Waals surface area contributed by atoms with E-state index in [1.165, 1.54) is 6.07 Å². The van der Waals surface area contributed by atoms with Gasteiger partial charge in [-0.3, -0.25) is 0 Å². The zero-order valence-electron chi connectivity index (χ0n) is 17.2. The van der Waals surface area contributed by atoms with Gasteiger partial charge in [0.2, 0.25) is 0 Å². The smallest absolute Gasteiger partial charge is 0.504 e. The first kappa shape index (κ1) is 21.6. The Hall–Kier alpha value is -2.69. The molecule has 0 saturated heterocycles. The fourth-order valence-corrected chi connectivity index (χ4v) is 3.13. The molecule has 28 heavy (non-hydrogen) atoms. The summed E-state index contributed by atoms with van der Waals surface area (Å²) in [6, 6.07) is 12.4. The number of aromatic hydroxyl groups is 2. The molecule has 0 aliphatic heterocycles. The number of hydrogen-bond acceptors (Lipinski definition) is 5. The van der Waals surface area contributed by atoms with Crippen LogP contribution in [0.3, 0.4) is 0 Å². The van der Waals surface area contributed by atoms with E-state index >= 15 is 0 Å². The summed E-state index contributed by atoms with van der Waals surface area (Å²) < 4.78 is 10.4. The second kappa shape index (κ2) is 9.00. The first-order valence-electron chi connectivity index (χ1n) is 9.61. The second-order valence-corrected chi connectivity index (χ2v) is 8.13.